The number of amides is 1. The summed E-state index contributed by atoms with van der Waals surface area (Å²) in [4.78, 5) is 34.0. The van der Waals surface area contributed by atoms with Crippen LogP contribution in [0.2, 0.25) is 0 Å². The molecule has 3 aromatic rings. The van der Waals surface area contributed by atoms with Crippen molar-refractivity contribution < 1.29 is 18.0 Å². The Kier molecular flexibility index (Phi) is 6.84. The van der Waals surface area contributed by atoms with E-state index in [0.29, 0.717) is 29.1 Å². The smallest absolute Gasteiger partial charge is 0.255 e. The first-order valence-corrected chi connectivity index (χ1v) is 13.1. The second-order valence-electron chi connectivity index (χ2n) is 9.02. The van der Waals surface area contributed by atoms with Crippen LogP contribution in [0.15, 0.2) is 36.8 Å². The average molecular weight is 495 g/mol. The lowest BCUT2D eigenvalue weighted by Crippen LogP contribution is -2.31. The van der Waals surface area contributed by atoms with E-state index < -0.39 is 15.7 Å². The Bertz CT molecular complexity index is 1440. The highest BCUT2D eigenvalue weighted by atomic mass is 32.2. The number of fused-ring (bicyclic) bond motifs is 1. The molecule has 3 aromatic heterocycles. The fraction of sp³-hybridized carbons (Fsp3) is 0.375. The predicted octanol–water partition coefficient (Wildman–Crippen LogP) is 2.24. The number of nitriles is 1. The number of Topliss-reactive ketones (excluding diaryl/α,β-unsaturated/α-hetero) is 1. The number of pyridine rings is 2. The molecule has 11 heteroatoms. The van der Waals surface area contributed by atoms with Gasteiger partial charge in [-0.25, -0.2) is 18.4 Å². The number of carbonyl (C=O) groups is 2. The number of hydrogen-bond donors (Lipinski definition) is 2. The second kappa shape index (κ2) is 9.84. The summed E-state index contributed by atoms with van der Waals surface area (Å²) in [5, 5.41) is 15.8. The number of ketones is 1. The average Bonchev–Trinajstić information content (AvgIpc) is 3.38. The fourth-order valence-corrected chi connectivity index (χ4v) is 6.02. The summed E-state index contributed by atoms with van der Waals surface area (Å²) in [6.07, 6.45) is 5.35. The van der Waals surface area contributed by atoms with Crippen molar-refractivity contribution in [3.05, 3.63) is 47.9 Å². The summed E-state index contributed by atoms with van der Waals surface area (Å²) in [6.45, 7) is 3.71. The van der Waals surface area contributed by atoms with Gasteiger partial charge in [0.25, 0.3) is 5.91 Å². The number of nitrogens with one attached hydrogen (secondary N) is 2. The van der Waals surface area contributed by atoms with Crippen molar-refractivity contribution in [2.75, 3.05) is 23.4 Å². The van der Waals surface area contributed by atoms with Crippen LogP contribution in [0.25, 0.3) is 16.9 Å². The van der Waals surface area contributed by atoms with Crippen LogP contribution in [0.1, 0.15) is 42.6 Å². The molecule has 1 fully saturated rings. The zero-order chi connectivity index (χ0) is 25.2. The Morgan fingerprint density at radius 1 is 1.26 bits per heavy atom. The Morgan fingerprint density at radius 3 is 2.74 bits per heavy atom. The van der Waals surface area contributed by atoms with E-state index in [0.717, 1.165) is 5.39 Å². The van der Waals surface area contributed by atoms with Crippen molar-refractivity contribution >= 4 is 38.2 Å². The first kappa shape index (κ1) is 24.3. The summed E-state index contributed by atoms with van der Waals surface area (Å²) >= 11 is 0. The number of anilines is 1. The first-order valence-electron chi connectivity index (χ1n) is 11.3. The molecule has 4 heterocycles. The standard InChI is InChI=1S/C24H26N6O4S/c1-15(2)29-21-9-22(30-5-3-18-7-17(10-25)11-27-23(18)30)26-13-20(21)24(32)28-12-19(31)8-16-4-6-35(33,34)14-16/h3,5,7,9,11,13,15-16H,4,6,8,12,14H2,1-2H3,(H,26,29)(H,28,32). The van der Waals surface area contributed by atoms with Crippen molar-refractivity contribution in [3.8, 4) is 11.9 Å². The highest BCUT2D eigenvalue weighted by Gasteiger charge is 2.29. The SMILES string of the molecule is CC(C)Nc1cc(-n2ccc3cc(C#N)cnc32)ncc1C(=O)NCC(=O)CC1CCS(=O)(=O)C1. The van der Waals surface area contributed by atoms with Crippen LogP contribution in [-0.4, -0.2) is 58.7 Å². The summed E-state index contributed by atoms with van der Waals surface area (Å²) in [7, 11) is -3.05. The molecule has 0 bridgehead atoms. The normalized spacial score (nSPS) is 16.8. The van der Waals surface area contributed by atoms with Gasteiger partial charge in [0.15, 0.2) is 15.6 Å². The Labute approximate surface area is 203 Å². The van der Waals surface area contributed by atoms with Gasteiger partial charge in [-0.3, -0.25) is 14.2 Å². The molecule has 0 saturated carbocycles. The quantitative estimate of drug-likeness (QED) is 0.485. The first-order chi connectivity index (χ1) is 16.6. The van der Waals surface area contributed by atoms with Gasteiger partial charge in [-0.2, -0.15) is 5.26 Å². The van der Waals surface area contributed by atoms with Crippen molar-refractivity contribution in [3.63, 3.8) is 0 Å². The second-order valence-corrected chi connectivity index (χ2v) is 11.2. The highest BCUT2D eigenvalue weighted by molar-refractivity contribution is 7.91. The van der Waals surface area contributed by atoms with Crippen LogP contribution < -0.4 is 10.6 Å². The maximum absolute atomic E-state index is 12.9. The molecule has 35 heavy (non-hydrogen) atoms. The van der Waals surface area contributed by atoms with Crippen LogP contribution in [0, 0.1) is 17.2 Å². The number of nitrogens with zero attached hydrogens (tertiary/aromatic N) is 4. The predicted molar refractivity (Wildman–Crippen MR) is 131 cm³/mol. The minimum atomic E-state index is -3.05. The number of aromatic nitrogens is 3. The van der Waals surface area contributed by atoms with Gasteiger partial charge in [-0.15, -0.1) is 0 Å². The number of carbonyl (C=O) groups excluding carboxylic acids is 2. The largest absolute Gasteiger partial charge is 0.382 e. The van der Waals surface area contributed by atoms with E-state index in [4.69, 9.17) is 5.26 Å². The van der Waals surface area contributed by atoms with Gasteiger partial charge in [0, 0.05) is 42.5 Å². The molecule has 1 aliphatic rings. The van der Waals surface area contributed by atoms with E-state index in [1.807, 2.05) is 19.9 Å². The number of hydrogen-bond acceptors (Lipinski definition) is 8. The van der Waals surface area contributed by atoms with Gasteiger partial charge in [-0.1, -0.05) is 0 Å². The zero-order valence-electron chi connectivity index (χ0n) is 19.5. The van der Waals surface area contributed by atoms with Crippen LogP contribution in [0.5, 0.6) is 0 Å². The van der Waals surface area contributed by atoms with Gasteiger partial charge in [0.2, 0.25) is 0 Å². The molecule has 1 atom stereocenters. The van der Waals surface area contributed by atoms with Crippen LogP contribution in [0.3, 0.4) is 0 Å². The molecule has 0 aromatic carbocycles. The van der Waals surface area contributed by atoms with Crippen LogP contribution in [0.4, 0.5) is 5.69 Å². The number of rotatable bonds is 8. The molecule has 0 aliphatic carbocycles. The third-order valence-electron chi connectivity index (χ3n) is 5.77. The highest BCUT2D eigenvalue weighted by Crippen LogP contribution is 2.24. The van der Waals surface area contributed by atoms with Crippen molar-refractivity contribution in [2.24, 2.45) is 5.92 Å². The minimum absolute atomic E-state index is 0.0282. The molecule has 1 unspecified atom stereocenters. The third kappa shape index (κ3) is 5.66. The molecule has 0 spiro atoms. The van der Waals surface area contributed by atoms with E-state index in [1.165, 1.54) is 12.4 Å². The van der Waals surface area contributed by atoms with Gasteiger partial charge in [0.05, 0.1) is 34.9 Å². The van der Waals surface area contributed by atoms with Crippen LogP contribution >= 0.6 is 0 Å². The maximum Gasteiger partial charge on any atom is 0.255 e. The van der Waals surface area contributed by atoms with E-state index in [-0.39, 0.29) is 47.8 Å². The number of sulfone groups is 1. The summed E-state index contributed by atoms with van der Waals surface area (Å²) < 4.78 is 25.0. The molecular weight excluding hydrogens is 468 g/mol. The lowest BCUT2D eigenvalue weighted by atomic mass is 10.0. The molecular formula is C24H26N6O4S. The molecule has 10 nitrogen and oxygen atoms in total. The lowest BCUT2D eigenvalue weighted by Gasteiger charge is -2.16. The minimum Gasteiger partial charge on any atom is -0.382 e. The van der Waals surface area contributed by atoms with Gasteiger partial charge in [0.1, 0.15) is 17.5 Å². The van der Waals surface area contributed by atoms with Gasteiger partial charge < -0.3 is 10.6 Å². The van der Waals surface area contributed by atoms with E-state index in [1.54, 1.807) is 22.9 Å². The van der Waals surface area contributed by atoms with Crippen LogP contribution in [-0.2, 0) is 14.6 Å². The molecule has 4 rings (SSSR count). The van der Waals surface area contributed by atoms with Crippen molar-refractivity contribution in [2.45, 2.75) is 32.7 Å². The zero-order valence-corrected chi connectivity index (χ0v) is 20.3. The Morgan fingerprint density at radius 2 is 2.06 bits per heavy atom. The summed E-state index contributed by atoms with van der Waals surface area (Å²) in [5.74, 6) is -0.154. The van der Waals surface area contributed by atoms with Crippen molar-refractivity contribution in [1.82, 2.24) is 19.9 Å². The topological polar surface area (TPSA) is 147 Å². The molecule has 1 aliphatic heterocycles. The fourth-order valence-electron chi connectivity index (χ4n) is 4.16. The summed E-state index contributed by atoms with van der Waals surface area (Å²) in [5.41, 5.74) is 1.92. The monoisotopic (exact) mass is 494 g/mol. The summed E-state index contributed by atoms with van der Waals surface area (Å²) in [6, 6.07) is 7.41. The molecule has 1 saturated heterocycles. The van der Waals surface area contributed by atoms with E-state index >= 15 is 0 Å². The Balaban J connectivity index is 1.51. The van der Waals surface area contributed by atoms with Gasteiger partial charge in [-0.05, 0) is 38.3 Å². The van der Waals surface area contributed by atoms with E-state index in [9.17, 15) is 18.0 Å². The molecule has 1 amide bonds. The Hall–Kier alpha value is -3.78. The molecule has 2 N–H and O–H groups in total. The molecule has 0 radical (unpaired) electrons. The van der Waals surface area contributed by atoms with Crippen molar-refractivity contribution in [1.29, 1.82) is 5.26 Å². The van der Waals surface area contributed by atoms with Gasteiger partial charge >= 0.3 is 0 Å². The third-order valence-corrected chi connectivity index (χ3v) is 7.61. The maximum atomic E-state index is 12.9. The molecule has 182 valence electrons. The lowest BCUT2D eigenvalue weighted by molar-refractivity contribution is -0.118. The van der Waals surface area contributed by atoms with E-state index in [2.05, 4.69) is 26.7 Å².